The van der Waals surface area contributed by atoms with E-state index in [1.165, 1.54) is 0 Å². The predicted molar refractivity (Wildman–Crippen MR) is 101 cm³/mol. The molecule has 3 aliphatic rings. The van der Waals surface area contributed by atoms with Crippen LogP contribution in [0.25, 0.3) is 0 Å². The molecule has 0 bridgehead atoms. The van der Waals surface area contributed by atoms with Gasteiger partial charge in [0, 0.05) is 38.2 Å². The maximum atomic E-state index is 12.9. The standard InChI is InChI=1S/C20H26N4O3/c1-22-16-12-14(19(26)23-10-7-13(8-11-23)18(21)25)5-6-15(16)20(27)24-9-3-2-4-17(22)24/h5-6,12-13,17H,2-4,7-11H2,1H3,(H2,21,25)/t17-/m0/s1. The summed E-state index contributed by atoms with van der Waals surface area (Å²) in [5.74, 6) is -0.409. The molecule has 2 saturated heterocycles. The number of hydrogen-bond acceptors (Lipinski definition) is 4. The first-order chi connectivity index (χ1) is 13.0. The maximum absolute atomic E-state index is 12.9. The molecule has 2 N–H and O–H groups in total. The van der Waals surface area contributed by atoms with Gasteiger partial charge in [0.2, 0.25) is 5.91 Å². The van der Waals surface area contributed by atoms with Gasteiger partial charge in [0.1, 0.15) is 6.17 Å². The van der Waals surface area contributed by atoms with Crippen LogP contribution in [0, 0.1) is 5.92 Å². The smallest absolute Gasteiger partial charge is 0.257 e. The zero-order chi connectivity index (χ0) is 19.1. The van der Waals surface area contributed by atoms with Crippen LogP contribution in [0.15, 0.2) is 18.2 Å². The Balaban J connectivity index is 1.56. The summed E-state index contributed by atoms with van der Waals surface area (Å²) in [6.45, 7) is 1.87. The van der Waals surface area contributed by atoms with Crippen LogP contribution in [0.1, 0.15) is 52.8 Å². The van der Waals surface area contributed by atoms with Gasteiger partial charge in [-0.2, -0.15) is 0 Å². The van der Waals surface area contributed by atoms with Crippen molar-refractivity contribution >= 4 is 23.4 Å². The molecule has 3 amide bonds. The van der Waals surface area contributed by atoms with Crippen LogP contribution in [-0.4, -0.2) is 60.4 Å². The monoisotopic (exact) mass is 370 g/mol. The normalized spacial score (nSPS) is 23.1. The first-order valence-electron chi connectivity index (χ1n) is 9.74. The van der Waals surface area contributed by atoms with Crippen molar-refractivity contribution in [3.8, 4) is 0 Å². The van der Waals surface area contributed by atoms with Crippen molar-refractivity contribution in [1.82, 2.24) is 9.80 Å². The number of carbonyl (C=O) groups excluding carboxylic acids is 3. The molecule has 3 heterocycles. The van der Waals surface area contributed by atoms with Crippen molar-refractivity contribution in [2.45, 2.75) is 38.3 Å². The Kier molecular flexibility index (Phi) is 4.53. The average Bonchev–Trinajstić information content (AvgIpc) is 2.71. The fourth-order valence-corrected chi connectivity index (χ4v) is 4.56. The second-order valence-electron chi connectivity index (χ2n) is 7.79. The number of benzene rings is 1. The Bertz CT molecular complexity index is 785. The molecule has 0 spiro atoms. The molecular weight excluding hydrogens is 344 g/mol. The van der Waals surface area contributed by atoms with Crippen molar-refractivity contribution in [3.63, 3.8) is 0 Å². The van der Waals surface area contributed by atoms with Gasteiger partial charge in [0.05, 0.1) is 11.3 Å². The summed E-state index contributed by atoms with van der Waals surface area (Å²) in [7, 11) is 2.00. The number of hydrogen-bond donors (Lipinski definition) is 1. The summed E-state index contributed by atoms with van der Waals surface area (Å²) in [6.07, 6.45) is 4.42. The lowest BCUT2D eigenvalue weighted by atomic mass is 9.95. The average molecular weight is 370 g/mol. The van der Waals surface area contributed by atoms with Crippen molar-refractivity contribution in [3.05, 3.63) is 29.3 Å². The fourth-order valence-electron chi connectivity index (χ4n) is 4.56. The number of rotatable bonds is 2. The topological polar surface area (TPSA) is 87.0 Å². The number of nitrogens with zero attached hydrogens (tertiary/aromatic N) is 3. The van der Waals surface area contributed by atoms with Gasteiger partial charge in [-0.05, 0) is 50.3 Å². The summed E-state index contributed by atoms with van der Waals surface area (Å²) in [4.78, 5) is 42.9. The predicted octanol–water partition coefficient (Wildman–Crippen LogP) is 1.43. The van der Waals surface area contributed by atoms with Gasteiger partial charge in [-0.25, -0.2) is 0 Å². The highest BCUT2D eigenvalue weighted by atomic mass is 16.2. The van der Waals surface area contributed by atoms with Crippen molar-refractivity contribution in [1.29, 1.82) is 0 Å². The van der Waals surface area contributed by atoms with Gasteiger partial charge in [-0.15, -0.1) is 0 Å². The molecule has 0 radical (unpaired) electrons. The lowest BCUT2D eigenvalue weighted by molar-refractivity contribution is -0.123. The highest BCUT2D eigenvalue weighted by Gasteiger charge is 2.37. The molecule has 1 atom stereocenters. The summed E-state index contributed by atoms with van der Waals surface area (Å²) in [6, 6.07) is 5.38. The van der Waals surface area contributed by atoms with E-state index in [9.17, 15) is 14.4 Å². The summed E-state index contributed by atoms with van der Waals surface area (Å²) >= 11 is 0. The molecule has 1 aromatic rings. The third-order valence-corrected chi connectivity index (χ3v) is 6.22. The second-order valence-corrected chi connectivity index (χ2v) is 7.79. The number of likely N-dealkylation sites (tertiary alicyclic amines) is 1. The fraction of sp³-hybridized carbons (Fsp3) is 0.550. The molecule has 1 aromatic carbocycles. The highest BCUT2D eigenvalue weighted by Crippen LogP contribution is 2.35. The van der Waals surface area contributed by atoms with Crippen LogP contribution < -0.4 is 10.6 Å². The molecule has 0 aliphatic carbocycles. The largest absolute Gasteiger partial charge is 0.369 e. The molecule has 0 aromatic heterocycles. The Morgan fingerprint density at radius 2 is 1.81 bits per heavy atom. The Morgan fingerprint density at radius 3 is 2.52 bits per heavy atom. The molecule has 0 saturated carbocycles. The van der Waals surface area contributed by atoms with E-state index in [1.54, 1.807) is 17.0 Å². The van der Waals surface area contributed by atoms with Crippen LogP contribution >= 0.6 is 0 Å². The number of fused-ring (bicyclic) bond motifs is 2. The highest BCUT2D eigenvalue weighted by molar-refractivity contribution is 6.04. The van der Waals surface area contributed by atoms with Crippen LogP contribution in [-0.2, 0) is 4.79 Å². The Labute approximate surface area is 159 Å². The van der Waals surface area contributed by atoms with E-state index in [4.69, 9.17) is 5.73 Å². The molecule has 144 valence electrons. The minimum absolute atomic E-state index is 0.0485. The number of carbonyl (C=O) groups is 3. The van der Waals surface area contributed by atoms with Gasteiger partial charge >= 0.3 is 0 Å². The molecule has 0 unspecified atom stereocenters. The zero-order valence-electron chi connectivity index (χ0n) is 15.7. The quantitative estimate of drug-likeness (QED) is 0.853. The lowest BCUT2D eigenvalue weighted by Gasteiger charge is -2.46. The molecule has 27 heavy (non-hydrogen) atoms. The molecular formula is C20H26N4O3. The summed E-state index contributed by atoms with van der Waals surface area (Å²) in [5.41, 5.74) is 7.47. The van der Waals surface area contributed by atoms with Gasteiger partial charge in [-0.1, -0.05) is 0 Å². The number of primary amides is 1. The van der Waals surface area contributed by atoms with Crippen LogP contribution in [0.3, 0.4) is 0 Å². The van der Waals surface area contributed by atoms with E-state index in [-0.39, 0.29) is 29.8 Å². The third-order valence-electron chi connectivity index (χ3n) is 6.22. The van der Waals surface area contributed by atoms with E-state index in [0.29, 0.717) is 37.1 Å². The van der Waals surface area contributed by atoms with Crippen LogP contribution in [0.5, 0.6) is 0 Å². The van der Waals surface area contributed by atoms with Crippen molar-refractivity contribution in [2.75, 3.05) is 31.6 Å². The van der Waals surface area contributed by atoms with Crippen LogP contribution in [0.2, 0.25) is 0 Å². The van der Waals surface area contributed by atoms with Gasteiger partial charge in [0.15, 0.2) is 0 Å². The number of piperidine rings is 2. The first kappa shape index (κ1) is 17.8. The first-order valence-corrected chi connectivity index (χ1v) is 9.74. The lowest BCUT2D eigenvalue weighted by Crippen LogP contribution is -2.55. The van der Waals surface area contributed by atoms with Gasteiger partial charge in [-0.3, -0.25) is 14.4 Å². The van der Waals surface area contributed by atoms with E-state index >= 15 is 0 Å². The zero-order valence-corrected chi connectivity index (χ0v) is 15.7. The molecule has 4 rings (SSSR count). The third kappa shape index (κ3) is 3.05. The number of nitrogens with two attached hydrogens (primary N) is 1. The SMILES string of the molecule is CN1c2cc(C(=O)N3CCC(C(N)=O)CC3)ccc2C(=O)N2CCCC[C@H]21. The Hall–Kier alpha value is -2.57. The number of amides is 3. The maximum Gasteiger partial charge on any atom is 0.257 e. The Morgan fingerprint density at radius 1 is 1.07 bits per heavy atom. The van der Waals surface area contributed by atoms with E-state index in [2.05, 4.69) is 4.90 Å². The molecule has 3 aliphatic heterocycles. The minimum atomic E-state index is -0.284. The van der Waals surface area contributed by atoms with Crippen LogP contribution in [0.4, 0.5) is 5.69 Å². The minimum Gasteiger partial charge on any atom is -0.369 e. The summed E-state index contributed by atoms with van der Waals surface area (Å²) in [5, 5.41) is 0. The van der Waals surface area contributed by atoms with E-state index < -0.39 is 0 Å². The second kappa shape index (κ2) is 6.87. The van der Waals surface area contributed by atoms with E-state index in [0.717, 1.165) is 31.5 Å². The molecule has 7 heteroatoms. The van der Waals surface area contributed by atoms with Crippen molar-refractivity contribution < 1.29 is 14.4 Å². The summed E-state index contributed by atoms with van der Waals surface area (Å²) < 4.78 is 0. The molecule has 7 nitrogen and oxygen atoms in total. The van der Waals surface area contributed by atoms with Crippen molar-refractivity contribution in [2.24, 2.45) is 11.7 Å². The van der Waals surface area contributed by atoms with Gasteiger partial charge in [0.25, 0.3) is 11.8 Å². The van der Waals surface area contributed by atoms with Gasteiger partial charge < -0.3 is 20.4 Å². The molecule has 2 fully saturated rings. The van der Waals surface area contributed by atoms with E-state index in [1.807, 2.05) is 18.0 Å². The number of anilines is 1.